The third kappa shape index (κ3) is 3.00. The van der Waals surface area contributed by atoms with E-state index in [1.54, 1.807) is 32.4 Å². The summed E-state index contributed by atoms with van der Waals surface area (Å²) in [6.45, 7) is 3.84. The van der Waals surface area contributed by atoms with Gasteiger partial charge in [0.05, 0.1) is 19.8 Å². The highest BCUT2D eigenvalue weighted by Gasteiger charge is 2.24. The molecule has 0 unspecified atom stereocenters. The Morgan fingerprint density at radius 2 is 2.11 bits per heavy atom. The van der Waals surface area contributed by atoms with Gasteiger partial charge in [0.25, 0.3) is 5.91 Å². The summed E-state index contributed by atoms with van der Waals surface area (Å²) >= 11 is 0. The zero-order valence-corrected chi connectivity index (χ0v) is 11.8. The lowest BCUT2D eigenvalue weighted by molar-refractivity contribution is 0.0679. The van der Waals surface area contributed by atoms with Crippen LogP contribution in [0.5, 0.6) is 11.5 Å². The highest BCUT2D eigenvalue weighted by atomic mass is 16.5. The molecule has 1 aliphatic heterocycles. The van der Waals surface area contributed by atoms with Crippen molar-refractivity contribution in [1.29, 1.82) is 0 Å². The van der Waals surface area contributed by atoms with Crippen LogP contribution in [0.4, 0.5) is 0 Å². The standard InChI is InChI=1S/C15H21NO3/c1-11-5-4-8-16(10-11)15(17)13-7-6-12(18-2)9-14(13)19-3/h6-7,9,11H,4-5,8,10H2,1-3H3/t11-/m1/s1. The summed E-state index contributed by atoms with van der Waals surface area (Å²) in [5.74, 6) is 1.89. The number of ether oxygens (including phenoxy) is 2. The van der Waals surface area contributed by atoms with E-state index in [2.05, 4.69) is 6.92 Å². The van der Waals surface area contributed by atoms with E-state index in [0.717, 1.165) is 19.5 Å². The lowest BCUT2D eigenvalue weighted by atomic mass is 9.99. The monoisotopic (exact) mass is 263 g/mol. The number of carbonyl (C=O) groups is 1. The fourth-order valence-electron chi connectivity index (χ4n) is 2.52. The summed E-state index contributed by atoms with van der Waals surface area (Å²) in [5.41, 5.74) is 0.609. The first kappa shape index (κ1) is 13.7. The summed E-state index contributed by atoms with van der Waals surface area (Å²) in [6, 6.07) is 5.32. The molecule has 1 aliphatic rings. The van der Waals surface area contributed by atoms with Crippen molar-refractivity contribution in [3.05, 3.63) is 23.8 Å². The summed E-state index contributed by atoms with van der Waals surface area (Å²) in [5, 5.41) is 0. The fourth-order valence-corrected chi connectivity index (χ4v) is 2.52. The molecule has 0 saturated carbocycles. The molecule has 4 heteroatoms. The van der Waals surface area contributed by atoms with Gasteiger partial charge in [-0.05, 0) is 30.9 Å². The van der Waals surface area contributed by atoms with Gasteiger partial charge in [-0.2, -0.15) is 0 Å². The van der Waals surface area contributed by atoms with Gasteiger partial charge in [0, 0.05) is 19.2 Å². The molecule has 0 bridgehead atoms. The van der Waals surface area contributed by atoms with E-state index in [0.29, 0.717) is 23.0 Å². The molecule has 104 valence electrons. The Morgan fingerprint density at radius 3 is 2.74 bits per heavy atom. The first-order chi connectivity index (χ1) is 9.15. The Morgan fingerprint density at radius 1 is 1.32 bits per heavy atom. The van der Waals surface area contributed by atoms with E-state index >= 15 is 0 Å². The van der Waals surface area contributed by atoms with Gasteiger partial charge in [-0.25, -0.2) is 0 Å². The molecule has 0 radical (unpaired) electrons. The molecule has 1 heterocycles. The van der Waals surface area contributed by atoms with Crippen LogP contribution in [0.25, 0.3) is 0 Å². The Kier molecular flexibility index (Phi) is 4.30. The van der Waals surface area contributed by atoms with Crippen LogP contribution in [-0.4, -0.2) is 38.1 Å². The highest BCUT2D eigenvalue weighted by Crippen LogP contribution is 2.27. The maximum absolute atomic E-state index is 12.5. The van der Waals surface area contributed by atoms with Crippen LogP contribution in [0, 0.1) is 5.92 Å². The highest BCUT2D eigenvalue weighted by molar-refractivity contribution is 5.97. The lowest BCUT2D eigenvalue weighted by Gasteiger charge is -2.31. The normalized spacial score (nSPS) is 19.1. The van der Waals surface area contributed by atoms with Crippen molar-refractivity contribution >= 4 is 5.91 Å². The largest absolute Gasteiger partial charge is 0.497 e. The van der Waals surface area contributed by atoms with Crippen molar-refractivity contribution < 1.29 is 14.3 Å². The topological polar surface area (TPSA) is 38.8 Å². The molecule has 0 spiro atoms. The number of carbonyl (C=O) groups excluding carboxylic acids is 1. The third-order valence-corrected chi connectivity index (χ3v) is 3.58. The second-order valence-electron chi connectivity index (χ2n) is 5.06. The van der Waals surface area contributed by atoms with Crippen molar-refractivity contribution in [1.82, 2.24) is 4.90 Å². The molecule has 4 nitrogen and oxygen atoms in total. The van der Waals surface area contributed by atoms with Crippen molar-refractivity contribution in [2.45, 2.75) is 19.8 Å². The third-order valence-electron chi connectivity index (χ3n) is 3.58. The molecule has 1 aromatic carbocycles. The van der Waals surface area contributed by atoms with Gasteiger partial charge in [0.1, 0.15) is 11.5 Å². The summed E-state index contributed by atoms with van der Waals surface area (Å²) < 4.78 is 10.4. The van der Waals surface area contributed by atoms with Crippen molar-refractivity contribution in [2.75, 3.05) is 27.3 Å². The van der Waals surface area contributed by atoms with Crippen LogP contribution < -0.4 is 9.47 Å². The fraction of sp³-hybridized carbons (Fsp3) is 0.533. The second-order valence-corrected chi connectivity index (χ2v) is 5.06. The second kappa shape index (κ2) is 5.95. The molecule has 0 aromatic heterocycles. The van der Waals surface area contributed by atoms with Gasteiger partial charge >= 0.3 is 0 Å². The van der Waals surface area contributed by atoms with Crippen molar-refractivity contribution in [2.24, 2.45) is 5.92 Å². The Bertz CT molecular complexity index is 459. The molecule has 1 atom stereocenters. The van der Waals surface area contributed by atoms with Crippen molar-refractivity contribution in [3.63, 3.8) is 0 Å². The van der Waals surface area contributed by atoms with E-state index in [1.807, 2.05) is 4.90 Å². The maximum atomic E-state index is 12.5. The molecule has 0 N–H and O–H groups in total. The number of piperidine rings is 1. The summed E-state index contributed by atoms with van der Waals surface area (Å²) in [7, 11) is 3.17. The van der Waals surface area contributed by atoms with E-state index in [-0.39, 0.29) is 5.91 Å². The van der Waals surface area contributed by atoms with Crippen LogP contribution in [0.3, 0.4) is 0 Å². The molecule has 2 rings (SSSR count). The Balaban J connectivity index is 2.22. The molecule has 0 aliphatic carbocycles. The Labute approximate surface area is 114 Å². The first-order valence-electron chi connectivity index (χ1n) is 6.67. The predicted octanol–water partition coefficient (Wildman–Crippen LogP) is 2.58. The number of benzene rings is 1. The predicted molar refractivity (Wildman–Crippen MR) is 73.8 cm³/mol. The first-order valence-corrected chi connectivity index (χ1v) is 6.67. The zero-order chi connectivity index (χ0) is 13.8. The zero-order valence-electron chi connectivity index (χ0n) is 11.8. The number of rotatable bonds is 3. The van der Waals surface area contributed by atoms with Crippen LogP contribution in [0.15, 0.2) is 18.2 Å². The molecule has 1 aromatic rings. The molecule has 1 amide bonds. The van der Waals surface area contributed by atoms with Gasteiger partial charge in [0.15, 0.2) is 0 Å². The quantitative estimate of drug-likeness (QED) is 0.841. The number of methoxy groups -OCH3 is 2. The van der Waals surface area contributed by atoms with E-state index in [4.69, 9.17) is 9.47 Å². The number of nitrogens with zero attached hydrogens (tertiary/aromatic N) is 1. The summed E-state index contributed by atoms with van der Waals surface area (Å²) in [6.07, 6.45) is 2.27. The minimum Gasteiger partial charge on any atom is -0.497 e. The number of hydrogen-bond donors (Lipinski definition) is 0. The van der Waals surface area contributed by atoms with E-state index in [9.17, 15) is 4.79 Å². The molecular weight excluding hydrogens is 242 g/mol. The van der Waals surface area contributed by atoms with Crippen LogP contribution >= 0.6 is 0 Å². The molecule has 19 heavy (non-hydrogen) atoms. The van der Waals surface area contributed by atoms with E-state index < -0.39 is 0 Å². The van der Waals surface area contributed by atoms with Gasteiger partial charge in [-0.3, -0.25) is 4.79 Å². The molecule has 1 fully saturated rings. The average Bonchev–Trinajstić information content (AvgIpc) is 2.45. The summed E-state index contributed by atoms with van der Waals surface area (Å²) in [4.78, 5) is 14.4. The maximum Gasteiger partial charge on any atom is 0.257 e. The number of hydrogen-bond acceptors (Lipinski definition) is 3. The minimum atomic E-state index is 0.0473. The van der Waals surface area contributed by atoms with Crippen molar-refractivity contribution in [3.8, 4) is 11.5 Å². The average molecular weight is 263 g/mol. The van der Waals surface area contributed by atoms with Gasteiger partial charge in [-0.1, -0.05) is 6.92 Å². The van der Waals surface area contributed by atoms with Crippen LogP contribution in [-0.2, 0) is 0 Å². The Hall–Kier alpha value is -1.71. The van der Waals surface area contributed by atoms with Crippen LogP contribution in [0.1, 0.15) is 30.1 Å². The molecular formula is C15H21NO3. The minimum absolute atomic E-state index is 0.0473. The van der Waals surface area contributed by atoms with Gasteiger partial charge < -0.3 is 14.4 Å². The SMILES string of the molecule is COc1ccc(C(=O)N2CCC[C@@H](C)C2)c(OC)c1. The van der Waals surface area contributed by atoms with Gasteiger partial charge in [0.2, 0.25) is 0 Å². The van der Waals surface area contributed by atoms with Crippen LogP contribution in [0.2, 0.25) is 0 Å². The number of likely N-dealkylation sites (tertiary alicyclic amines) is 1. The smallest absolute Gasteiger partial charge is 0.257 e. The lowest BCUT2D eigenvalue weighted by Crippen LogP contribution is -2.39. The number of amides is 1. The molecule has 1 saturated heterocycles. The van der Waals surface area contributed by atoms with Gasteiger partial charge in [-0.15, -0.1) is 0 Å². The van der Waals surface area contributed by atoms with E-state index in [1.165, 1.54) is 6.42 Å².